The lowest BCUT2D eigenvalue weighted by atomic mass is 9.99. The molecule has 0 N–H and O–H groups in total. The topological polar surface area (TPSA) is 16.4 Å². The van der Waals surface area contributed by atoms with E-state index < -0.39 is 0 Å². The number of anilines is 3. The van der Waals surface area contributed by atoms with Crippen LogP contribution in [0.25, 0.3) is 65.7 Å². The Balaban J connectivity index is 1.26. The van der Waals surface area contributed by atoms with Crippen LogP contribution >= 0.6 is 0 Å². The second-order valence-corrected chi connectivity index (χ2v) is 11.8. The van der Waals surface area contributed by atoms with Crippen molar-refractivity contribution >= 4 is 60.5 Å². The minimum absolute atomic E-state index is 0.900. The minimum Gasteiger partial charge on any atom is -0.455 e. The van der Waals surface area contributed by atoms with Crippen molar-refractivity contribution in [1.29, 1.82) is 0 Å². The molecule has 0 bridgehead atoms. The van der Waals surface area contributed by atoms with Crippen molar-refractivity contribution in [2.24, 2.45) is 0 Å². The molecule has 9 aromatic rings. The Morgan fingerprint density at radius 3 is 1.83 bits per heavy atom. The predicted octanol–water partition coefficient (Wildman–Crippen LogP) is 12.7. The number of hydrogen-bond acceptors (Lipinski definition) is 2. The largest absolute Gasteiger partial charge is 0.455 e. The predicted molar refractivity (Wildman–Crippen MR) is 194 cm³/mol. The second-order valence-electron chi connectivity index (χ2n) is 11.8. The summed E-state index contributed by atoms with van der Waals surface area (Å²) >= 11 is 0. The van der Waals surface area contributed by atoms with Crippen LogP contribution in [0.5, 0.6) is 0 Å². The molecule has 0 aliphatic heterocycles. The molecule has 0 saturated heterocycles. The van der Waals surface area contributed by atoms with Crippen molar-refractivity contribution in [1.82, 2.24) is 0 Å². The van der Waals surface area contributed by atoms with Crippen LogP contribution in [0.1, 0.15) is 0 Å². The van der Waals surface area contributed by atoms with Crippen LogP contribution in [0.3, 0.4) is 0 Å². The highest BCUT2D eigenvalue weighted by Gasteiger charge is 2.20. The van der Waals surface area contributed by atoms with E-state index in [1.165, 1.54) is 33.0 Å². The lowest BCUT2D eigenvalue weighted by molar-refractivity contribution is 0.672. The van der Waals surface area contributed by atoms with Crippen molar-refractivity contribution < 1.29 is 4.42 Å². The van der Waals surface area contributed by atoms with Crippen molar-refractivity contribution in [2.45, 2.75) is 0 Å². The molecular formula is C44H29NO. The Morgan fingerprint density at radius 2 is 0.978 bits per heavy atom. The number of rotatable bonds is 5. The van der Waals surface area contributed by atoms with Crippen LogP contribution in [0.2, 0.25) is 0 Å². The average Bonchev–Trinajstić information content (AvgIpc) is 3.51. The summed E-state index contributed by atoms with van der Waals surface area (Å²) in [5.74, 6) is 0. The molecule has 0 fully saturated rings. The second kappa shape index (κ2) is 10.8. The Labute approximate surface area is 267 Å². The molecule has 0 aliphatic rings. The molecule has 0 saturated carbocycles. The molecule has 0 atom stereocenters. The first-order chi connectivity index (χ1) is 22.8. The van der Waals surface area contributed by atoms with Gasteiger partial charge in [0.1, 0.15) is 11.2 Å². The van der Waals surface area contributed by atoms with Crippen molar-refractivity contribution in [3.8, 4) is 22.3 Å². The Morgan fingerprint density at radius 1 is 0.348 bits per heavy atom. The van der Waals surface area contributed by atoms with Gasteiger partial charge in [0.15, 0.2) is 0 Å². The van der Waals surface area contributed by atoms with E-state index in [-0.39, 0.29) is 0 Å². The zero-order chi connectivity index (χ0) is 30.5. The molecule has 2 nitrogen and oxygen atoms in total. The number of hydrogen-bond donors (Lipinski definition) is 0. The van der Waals surface area contributed by atoms with Gasteiger partial charge in [0.05, 0.1) is 5.69 Å². The molecule has 9 rings (SSSR count). The summed E-state index contributed by atoms with van der Waals surface area (Å²) in [6, 6.07) is 62.8. The molecule has 46 heavy (non-hydrogen) atoms. The minimum atomic E-state index is 0.900. The van der Waals surface area contributed by atoms with Gasteiger partial charge in [0, 0.05) is 32.9 Å². The van der Waals surface area contributed by atoms with Gasteiger partial charge < -0.3 is 9.32 Å². The average molecular weight is 588 g/mol. The van der Waals surface area contributed by atoms with Gasteiger partial charge in [-0.15, -0.1) is 0 Å². The van der Waals surface area contributed by atoms with E-state index in [0.717, 1.165) is 49.8 Å². The van der Waals surface area contributed by atoms with Gasteiger partial charge in [-0.25, -0.2) is 0 Å². The molecule has 0 amide bonds. The number of fused-ring (bicyclic) bond motifs is 6. The maximum atomic E-state index is 6.47. The quantitative estimate of drug-likeness (QED) is 0.199. The van der Waals surface area contributed by atoms with Gasteiger partial charge in [-0.05, 0) is 75.5 Å². The van der Waals surface area contributed by atoms with Crippen LogP contribution in [0.4, 0.5) is 17.1 Å². The standard InChI is InChI=1S/C44H29NO/c1-2-11-30(12-3-1)34-15-10-16-37(28-34)45(36-25-23-32(24-26-36)35-22-21-31-13-4-5-14-33(31)27-35)42-29-41-39-18-8-9-20-43(39)46-44(41)40-19-7-6-17-38(40)42/h1-29H. The Bertz CT molecular complexity index is 2530. The van der Waals surface area contributed by atoms with Crippen LogP contribution in [0, 0.1) is 0 Å². The summed E-state index contributed by atoms with van der Waals surface area (Å²) in [4.78, 5) is 2.39. The number of benzene rings is 8. The van der Waals surface area contributed by atoms with Gasteiger partial charge >= 0.3 is 0 Å². The summed E-state index contributed by atoms with van der Waals surface area (Å²) < 4.78 is 6.47. The molecule has 1 aromatic heterocycles. The van der Waals surface area contributed by atoms with Gasteiger partial charge in [-0.2, -0.15) is 0 Å². The first-order valence-electron chi connectivity index (χ1n) is 15.7. The van der Waals surface area contributed by atoms with Crippen LogP contribution < -0.4 is 4.90 Å². The highest BCUT2D eigenvalue weighted by molar-refractivity contribution is 6.19. The van der Waals surface area contributed by atoms with Crippen LogP contribution in [-0.2, 0) is 0 Å². The van der Waals surface area contributed by atoms with E-state index in [9.17, 15) is 0 Å². The summed E-state index contributed by atoms with van der Waals surface area (Å²) in [6.07, 6.45) is 0. The molecule has 1 heterocycles. The van der Waals surface area contributed by atoms with Crippen molar-refractivity contribution in [3.63, 3.8) is 0 Å². The molecular weight excluding hydrogens is 558 g/mol. The van der Waals surface area contributed by atoms with Crippen molar-refractivity contribution in [2.75, 3.05) is 4.90 Å². The van der Waals surface area contributed by atoms with Crippen LogP contribution in [0.15, 0.2) is 180 Å². The normalized spacial score (nSPS) is 11.5. The Hall–Kier alpha value is -6.12. The molecule has 8 aromatic carbocycles. The Kier molecular flexibility index (Phi) is 6.17. The summed E-state index contributed by atoms with van der Waals surface area (Å²) in [7, 11) is 0. The molecule has 216 valence electrons. The lowest BCUT2D eigenvalue weighted by Crippen LogP contribution is -2.10. The van der Waals surface area contributed by atoms with E-state index in [2.05, 4.69) is 175 Å². The maximum absolute atomic E-state index is 6.47. The van der Waals surface area contributed by atoms with E-state index in [4.69, 9.17) is 4.42 Å². The zero-order valence-electron chi connectivity index (χ0n) is 25.1. The van der Waals surface area contributed by atoms with E-state index in [0.29, 0.717) is 0 Å². The lowest BCUT2D eigenvalue weighted by Gasteiger charge is -2.28. The highest BCUT2D eigenvalue weighted by atomic mass is 16.3. The highest BCUT2D eigenvalue weighted by Crippen LogP contribution is 2.45. The third-order valence-electron chi connectivity index (χ3n) is 9.02. The van der Waals surface area contributed by atoms with Gasteiger partial charge in [-0.1, -0.05) is 133 Å². The van der Waals surface area contributed by atoms with Crippen LogP contribution in [-0.4, -0.2) is 0 Å². The van der Waals surface area contributed by atoms with E-state index >= 15 is 0 Å². The molecule has 2 heteroatoms. The van der Waals surface area contributed by atoms with E-state index in [1.54, 1.807) is 0 Å². The summed E-state index contributed by atoms with van der Waals surface area (Å²) in [5, 5.41) is 6.97. The number of para-hydroxylation sites is 1. The smallest absolute Gasteiger partial charge is 0.143 e. The molecule has 0 aliphatic carbocycles. The number of nitrogens with zero attached hydrogens (tertiary/aromatic N) is 1. The SMILES string of the molecule is c1ccc(-c2cccc(N(c3ccc(-c4ccc5ccccc5c4)cc3)c3cc4c5ccccc5oc4c4ccccc34)c2)cc1. The fourth-order valence-electron chi connectivity index (χ4n) is 6.77. The van der Waals surface area contributed by atoms with Crippen molar-refractivity contribution in [3.05, 3.63) is 176 Å². The zero-order valence-corrected chi connectivity index (χ0v) is 25.1. The summed E-state index contributed by atoms with van der Waals surface area (Å²) in [5.41, 5.74) is 9.88. The molecule has 0 spiro atoms. The fraction of sp³-hybridized carbons (Fsp3) is 0. The van der Waals surface area contributed by atoms with Gasteiger partial charge in [0.2, 0.25) is 0 Å². The first-order valence-corrected chi connectivity index (χ1v) is 15.7. The van der Waals surface area contributed by atoms with Gasteiger partial charge in [0.25, 0.3) is 0 Å². The first kappa shape index (κ1) is 26.3. The van der Waals surface area contributed by atoms with E-state index in [1.807, 2.05) is 6.07 Å². The third-order valence-corrected chi connectivity index (χ3v) is 9.02. The monoisotopic (exact) mass is 587 g/mol. The number of furan rings is 1. The fourth-order valence-corrected chi connectivity index (χ4v) is 6.77. The molecule has 0 radical (unpaired) electrons. The maximum Gasteiger partial charge on any atom is 0.143 e. The molecule has 0 unspecified atom stereocenters. The summed E-state index contributed by atoms with van der Waals surface area (Å²) in [6.45, 7) is 0. The third kappa shape index (κ3) is 4.43. The van der Waals surface area contributed by atoms with Gasteiger partial charge in [-0.3, -0.25) is 0 Å².